The molecule has 5 heteroatoms. The second-order valence-electron chi connectivity index (χ2n) is 5.15. The van der Waals surface area contributed by atoms with E-state index in [0.717, 1.165) is 6.54 Å². The molecule has 1 heterocycles. The van der Waals surface area contributed by atoms with Gasteiger partial charge in [0.1, 0.15) is 0 Å². The van der Waals surface area contributed by atoms with Crippen molar-refractivity contribution in [1.29, 1.82) is 0 Å². The van der Waals surface area contributed by atoms with Gasteiger partial charge >= 0.3 is 0 Å². The third-order valence-corrected chi connectivity index (χ3v) is 3.08. The van der Waals surface area contributed by atoms with Crippen molar-refractivity contribution in [2.75, 3.05) is 26.4 Å². The minimum atomic E-state index is -0.370. The zero-order chi connectivity index (χ0) is 12.9. The van der Waals surface area contributed by atoms with Crippen LogP contribution in [-0.4, -0.2) is 49.0 Å². The van der Waals surface area contributed by atoms with Gasteiger partial charge in [0.05, 0.1) is 19.1 Å². The van der Waals surface area contributed by atoms with E-state index in [-0.39, 0.29) is 30.0 Å². The van der Waals surface area contributed by atoms with Gasteiger partial charge in [0.2, 0.25) is 5.91 Å². The molecule has 0 aliphatic carbocycles. The first kappa shape index (κ1) is 14.4. The zero-order valence-electron chi connectivity index (χ0n) is 11.0. The van der Waals surface area contributed by atoms with Crippen LogP contribution in [0.25, 0.3) is 0 Å². The molecule has 0 saturated carbocycles. The molecule has 1 aliphatic rings. The van der Waals surface area contributed by atoms with Gasteiger partial charge in [-0.3, -0.25) is 4.79 Å². The lowest BCUT2D eigenvalue weighted by Gasteiger charge is -2.28. The fourth-order valence-corrected chi connectivity index (χ4v) is 2.04. The van der Waals surface area contributed by atoms with Crippen molar-refractivity contribution < 1.29 is 14.6 Å². The third kappa shape index (κ3) is 4.26. The predicted octanol–water partition coefficient (Wildman–Crippen LogP) is -0.112. The van der Waals surface area contributed by atoms with Crippen LogP contribution in [0.15, 0.2) is 0 Å². The Morgan fingerprint density at radius 1 is 1.47 bits per heavy atom. The molecule has 1 amide bonds. The van der Waals surface area contributed by atoms with Crippen molar-refractivity contribution >= 4 is 5.91 Å². The fraction of sp³-hybridized carbons (Fsp3) is 0.917. The van der Waals surface area contributed by atoms with E-state index in [2.05, 4.69) is 10.6 Å². The highest BCUT2D eigenvalue weighted by Crippen LogP contribution is 2.16. The summed E-state index contributed by atoms with van der Waals surface area (Å²) < 4.78 is 5.35. The molecule has 0 aromatic rings. The predicted molar refractivity (Wildman–Crippen MR) is 65.7 cm³/mol. The minimum Gasteiger partial charge on any atom is -0.396 e. The Morgan fingerprint density at radius 3 is 2.76 bits per heavy atom. The maximum absolute atomic E-state index is 12.1. The zero-order valence-corrected chi connectivity index (χ0v) is 11.0. The highest BCUT2D eigenvalue weighted by molar-refractivity contribution is 5.80. The highest BCUT2D eigenvalue weighted by Gasteiger charge is 2.35. The molecule has 0 aromatic carbocycles. The maximum atomic E-state index is 12.1. The number of aliphatic hydroxyl groups is 1. The monoisotopic (exact) mass is 244 g/mol. The molecule has 1 aliphatic heterocycles. The maximum Gasteiger partial charge on any atom is 0.227 e. The summed E-state index contributed by atoms with van der Waals surface area (Å²) in [5.41, 5.74) is -0.370. The summed E-state index contributed by atoms with van der Waals surface area (Å²) >= 11 is 0. The smallest absolute Gasteiger partial charge is 0.227 e. The van der Waals surface area contributed by atoms with Gasteiger partial charge in [-0.25, -0.2) is 0 Å². The lowest BCUT2D eigenvalue weighted by molar-refractivity contribution is -0.127. The SMILES string of the molecule is CCNC1COCC1C(=O)NC(C)(C)CCO. The van der Waals surface area contributed by atoms with Crippen molar-refractivity contribution in [2.45, 2.75) is 38.8 Å². The van der Waals surface area contributed by atoms with E-state index in [4.69, 9.17) is 9.84 Å². The highest BCUT2D eigenvalue weighted by atomic mass is 16.5. The summed E-state index contributed by atoms with van der Waals surface area (Å²) in [6.45, 7) is 7.81. The first-order valence-electron chi connectivity index (χ1n) is 6.24. The van der Waals surface area contributed by atoms with E-state index in [1.807, 2.05) is 20.8 Å². The summed E-state index contributed by atoms with van der Waals surface area (Å²) in [5, 5.41) is 15.2. The molecule has 0 spiro atoms. The van der Waals surface area contributed by atoms with E-state index >= 15 is 0 Å². The molecule has 17 heavy (non-hydrogen) atoms. The number of hydrogen-bond donors (Lipinski definition) is 3. The fourth-order valence-electron chi connectivity index (χ4n) is 2.04. The van der Waals surface area contributed by atoms with E-state index in [9.17, 15) is 4.79 Å². The molecule has 3 N–H and O–H groups in total. The molecule has 2 unspecified atom stereocenters. The van der Waals surface area contributed by atoms with Gasteiger partial charge in [-0.05, 0) is 26.8 Å². The van der Waals surface area contributed by atoms with Crippen LogP contribution in [0.5, 0.6) is 0 Å². The van der Waals surface area contributed by atoms with E-state index in [0.29, 0.717) is 19.6 Å². The van der Waals surface area contributed by atoms with Gasteiger partial charge < -0.3 is 20.5 Å². The molecule has 0 aromatic heterocycles. The van der Waals surface area contributed by atoms with E-state index in [1.54, 1.807) is 0 Å². The van der Waals surface area contributed by atoms with Crippen LogP contribution in [-0.2, 0) is 9.53 Å². The Balaban J connectivity index is 2.51. The number of likely N-dealkylation sites (N-methyl/N-ethyl adjacent to an activating group) is 1. The van der Waals surface area contributed by atoms with Gasteiger partial charge in [-0.2, -0.15) is 0 Å². The first-order valence-corrected chi connectivity index (χ1v) is 6.24. The van der Waals surface area contributed by atoms with Crippen LogP contribution in [0, 0.1) is 5.92 Å². The molecule has 1 rings (SSSR count). The lowest BCUT2D eigenvalue weighted by Crippen LogP contribution is -2.51. The molecule has 0 radical (unpaired) electrons. The molecule has 100 valence electrons. The van der Waals surface area contributed by atoms with Crippen molar-refractivity contribution in [2.24, 2.45) is 5.92 Å². The van der Waals surface area contributed by atoms with Crippen molar-refractivity contribution in [3.05, 3.63) is 0 Å². The Hall–Kier alpha value is -0.650. The largest absolute Gasteiger partial charge is 0.396 e. The van der Waals surface area contributed by atoms with E-state index < -0.39 is 0 Å². The second-order valence-corrected chi connectivity index (χ2v) is 5.15. The van der Waals surface area contributed by atoms with Crippen LogP contribution >= 0.6 is 0 Å². The Morgan fingerprint density at radius 2 is 2.18 bits per heavy atom. The van der Waals surface area contributed by atoms with Gasteiger partial charge in [-0.15, -0.1) is 0 Å². The third-order valence-electron chi connectivity index (χ3n) is 3.08. The number of hydrogen-bond acceptors (Lipinski definition) is 4. The minimum absolute atomic E-state index is 0.00639. The Labute approximate surface area is 103 Å². The molecular formula is C12H24N2O3. The average Bonchev–Trinajstić information content (AvgIpc) is 2.65. The number of nitrogens with one attached hydrogen (secondary N) is 2. The number of aliphatic hydroxyl groups excluding tert-OH is 1. The molecule has 1 saturated heterocycles. The normalized spacial score (nSPS) is 24.9. The summed E-state index contributed by atoms with van der Waals surface area (Å²) in [5.74, 6) is -0.125. The lowest BCUT2D eigenvalue weighted by atomic mass is 9.97. The number of rotatable bonds is 6. The first-order chi connectivity index (χ1) is 8.00. The Bertz CT molecular complexity index is 256. The van der Waals surface area contributed by atoms with Crippen molar-refractivity contribution in [3.63, 3.8) is 0 Å². The number of ether oxygens (including phenoxy) is 1. The van der Waals surface area contributed by atoms with Crippen molar-refractivity contribution in [1.82, 2.24) is 10.6 Å². The molecule has 2 atom stereocenters. The molecule has 5 nitrogen and oxygen atoms in total. The van der Waals surface area contributed by atoms with Crippen LogP contribution in [0.1, 0.15) is 27.2 Å². The van der Waals surface area contributed by atoms with Crippen molar-refractivity contribution in [3.8, 4) is 0 Å². The average molecular weight is 244 g/mol. The van der Waals surface area contributed by atoms with Gasteiger partial charge in [-0.1, -0.05) is 6.92 Å². The van der Waals surface area contributed by atoms with Gasteiger partial charge in [0.15, 0.2) is 0 Å². The Kier molecular flexibility index (Phi) is 5.36. The summed E-state index contributed by atoms with van der Waals surface area (Å²) in [7, 11) is 0. The molecule has 0 bridgehead atoms. The number of amides is 1. The van der Waals surface area contributed by atoms with E-state index in [1.165, 1.54) is 0 Å². The van der Waals surface area contributed by atoms with Crippen LogP contribution in [0.3, 0.4) is 0 Å². The quantitative estimate of drug-likeness (QED) is 0.609. The molecular weight excluding hydrogens is 220 g/mol. The van der Waals surface area contributed by atoms with Crippen LogP contribution in [0.2, 0.25) is 0 Å². The van der Waals surface area contributed by atoms with Crippen LogP contribution in [0.4, 0.5) is 0 Å². The standard InChI is InChI=1S/C12H24N2O3/c1-4-13-10-8-17-7-9(10)11(16)14-12(2,3)5-6-15/h9-10,13,15H,4-8H2,1-3H3,(H,14,16). The van der Waals surface area contributed by atoms with Gasteiger partial charge in [0, 0.05) is 18.2 Å². The topological polar surface area (TPSA) is 70.6 Å². The summed E-state index contributed by atoms with van der Waals surface area (Å²) in [6, 6.07) is 0.102. The second kappa shape index (κ2) is 6.33. The number of carbonyl (C=O) groups excluding carboxylic acids is 1. The van der Waals surface area contributed by atoms with Gasteiger partial charge in [0.25, 0.3) is 0 Å². The number of carbonyl (C=O) groups is 1. The molecule has 1 fully saturated rings. The summed E-state index contributed by atoms with van der Waals surface area (Å²) in [4.78, 5) is 12.1. The van der Waals surface area contributed by atoms with Crippen LogP contribution < -0.4 is 10.6 Å². The summed E-state index contributed by atoms with van der Waals surface area (Å²) in [6.07, 6.45) is 0.554.